The van der Waals surface area contributed by atoms with E-state index in [1.54, 1.807) is 12.1 Å². The van der Waals surface area contributed by atoms with Crippen molar-refractivity contribution in [3.63, 3.8) is 0 Å². The first kappa shape index (κ1) is 11.1. The van der Waals surface area contributed by atoms with Gasteiger partial charge in [-0.15, -0.1) is 0 Å². The number of benzene rings is 1. The summed E-state index contributed by atoms with van der Waals surface area (Å²) in [5.74, 6) is 0.182. The zero-order valence-corrected chi connectivity index (χ0v) is 9.14. The molecular formula is C11H11FN4O. The molecule has 0 aliphatic heterocycles. The summed E-state index contributed by atoms with van der Waals surface area (Å²) in [5.41, 5.74) is 11.6. The molecule has 1 heterocycles. The fourth-order valence-electron chi connectivity index (χ4n) is 1.45. The number of halogens is 1. The minimum absolute atomic E-state index is 0.00946. The fraction of sp³-hybridized carbons (Fsp3) is 0.0909. The Labute approximate surface area is 97.3 Å². The van der Waals surface area contributed by atoms with Crippen molar-refractivity contribution in [1.29, 1.82) is 0 Å². The summed E-state index contributed by atoms with van der Waals surface area (Å²) in [6, 6.07) is 5.91. The zero-order valence-electron chi connectivity index (χ0n) is 9.14. The standard InChI is InChI=1S/C11H11FN4O/c1-17-6-2-3-7(8(12)4-6)9-5-10(13)16-11(14)15-9/h2-5H,1H3,(H4,13,14,15,16). The van der Waals surface area contributed by atoms with Gasteiger partial charge in [0.15, 0.2) is 0 Å². The second-order valence-electron chi connectivity index (χ2n) is 3.38. The van der Waals surface area contributed by atoms with Crippen molar-refractivity contribution in [2.75, 3.05) is 18.6 Å². The fourth-order valence-corrected chi connectivity index (χ4v) is 1.45. The van der Waals surface area contributed by atoms with Gasteiger partial charge in [0.2, 0.25) is 5.95 Å². The number of hydrogen-bond acceptors (Lipinski definition) is 5. The van der Waals surface area contributed by atoms with Gasteiger partial charge in [-0.1, -0.05) is 0 Å². The molecule has 0 aliphatic rings. The largest absolute Gasteiger partial charge is 0.497 e. The molecule has 0 bridgehead atoms. The lowest BCUT2D eigenvalue weighted by molar-refractivity contribution is 0.411. The predicted molar refractivity (Wildman–Crippen MR) is 62.8 cm³/mol. The molecule has 0 radical (unpaired) electrons. The third-order valence-corrected chi connectivity index (χ3v) is 2.22. The van der Waals surface area contributed by atoms with Crippen LogP contribution >= 0.6 is 0 Å². The number of rotatable bonds is 2. The summed E-state index contributed by atoms with van der Waals surface area (Å²) in [6.07, 6.45) is 0. The highest BCUT2D eigenvalue weighted by Crippen LogP contribution is 2.25. The van der Waals surface area contributed by atoms with Crippen molar-refractivity contribution >= 4 is 11.8 Å². The van der Waals surface area contributed by atoms with Crippen molar-refractivity contribution < 1.29 is 9.13 Å². The molecule has 0 saturated carbocycles. The molecule has 6 heteroatoms. The van der Waals surface area contributed by atoms with Crippen molar-refractivity contribution in [3.05, 3.63) is 30.1 Å². The second-order valence-corrected chi connectivity index (χ2v) is 3.38. The van der Waals surface area contributed by atoms with Gasteiger partial charge in [0.05, 0.1) is 12.8 Å². The zero-order chi connectivity index (χ0) is 12.4. The Morgan fingerprint density at radius 3 is 2.53 bits per heavy atom. The summed E-state index contributed by atoms with van der Waals surface area (Å²) < 4.78 is 18.7. The molecule has 0 saturated heterocycles. The van der Waals surface area contributed by atoms with Gasteiger partial charge in [-0.2, -0.15) is 4.98 Å². The molecule has 2 rings (SSSR count). The lowest BCUT2D eigenvalue weighted by atomic mass is 10.1. The van der Waals surface area contributed by atoms with E-state index in [1.165, 1.54) is 19.2 Å². The molecule has 1 aromatic heterocycles. The van der Waals surface area contributed by atoms with Crippen LogP contribution in [0.5, 0.6) is 5.75 Å². The molecule has 0 atom stereocenters. The Balaban J connectivity index is 2.52. The first-order valence-corrected chi connectivity index (χ1v) is 4.84. The summed E-state index contributed by atoms with van der Waals surface area (Å²) in [7, 11) is 1.47. The van der Waals surface area contributed by atoms with E-state index in [9.17, 15) is 4.39 Å². The van der Waals surface area contributed by atoms with Gasteiger partial charge in [0.25, 0.3) is 0 Å². The van der Waals surface area contributed by atoms with Crippen molar-refractivity contribution in [1.82, 2.24) is 9.97 Å². The van der Waals surface area contributed by atoms with Gasteiger partial charge < -0.3 is 16.2 Å². The highest BCUT2D eigenvalue weighted by atomic mass is 19.1. The van der Waals surface area contributed by atoms with Crippen molar-refractivity contribution in [2.24, 2.45) is 0 Å². The van der Waals surface area contributed by atoms with Crippen LogP contribution in [0.15, 0.2) is 24.3 Å². The molecule has 0 fully saturated rings. The predicted octanol–water partition coefficient (Wildman–Crippen LogP) is 1.46. The highest BCUT2D eigenvalue weighted by molar-refractivity contribution is 5.64. The molecule has 5 nitrogen and oxygen atoms in total. The molecule has 2 aromatic rings. The summed E-state index contributed by atoms with van der Waals surface area (Å²) >= 11 is 0. The number of aromatic nitrogens is 2. The van der Waals surface area contributed by atoms with Gasteiger partial charge >= 0.3 is 0 Å². The first-order chi connectivity index (χ1) is 8.10. The number of hydrogen-bond donors (Lipinski definition) is 2. The van der Waals surface area contributed by atoms with E-state index in [0.29, 0.717) is 17.0 Å². The maximum atomic E-state index is 13.8. The normalized spacial score (nSPS) is 10.2. The quantitative estimate of drug-likeness (QED) is 0.821. The van der Waals surface area contributed by atoms with Gasteiger partial charge in [-0.25, -0.2) is 9.37 Å². The first-order valence-electron chi connectivity index (χ1n) is 4.84. The molecular weight excluding hydrogens is 223 g/mol. The van der Waals surface area contributed by atoms with Crippen molar-refractivity contribution in [2.45, 2.75) is 0 Å². The number of nitrogen functional groups attached to an aromatic ring is 2. The Kier molecular flexibility index (Phi) is 2.78. The van der Waals surface area contributed by atoms with Crippen LogP contribution in [-0.4, -0.2) is 17.1 Å². The van der Waals surface area contributed by atoms with E-state index < -0.39 is 5.82 Å². The molecule has 0 unspecified atom stereocenters. The third-order valence-electron chi connectivity index (χ3n) is 2.22. The second kappa shape index (κ2) is 4.25. The Morgan fingerprint density at radius 1 is 1.18 bits per heavy atom. The van der Waals surface area contributed by atoms with E-state index in [-0.39, 0.29) is 11.8 Å². The van der Waals surface area contributed by atoms with E-state index >= 15 is 0 Å². The van der Waals surface area contributed by atoms with Crippen LogP contribution < -0.4 is 16.2 Å². The molecule has 88 valence electrons. The minimum Gasteiger partial charge on any atom is -0.497 e. The van der Waals surface area contributed by atoms with Crippen LogP contribution in [0.25, 0.3) is 11.3 Å². The Morgan fingerprint density at radius 2 is 1.94 bits per heavy atom. The average Bonchev–Trinajstić information content (AvgIpc) is 2.27. The van der Waals surface area contributed by atoms with Crippen LogP contribution in [0.4, 0.5) is 16.2 Å². The van der Waals surface area contributed by atoms with E-state index in [2.05, 4.69) is 9.97 Å². The average molecular weight is 234 g/mol. The van der Waals surface area contributed by atoms with Crippen LogP contribution in [-0.2, 0) is 0 Å². The molecule has 0 spiro atoms. The van der Waals surface area contributed by atoms with Crippen LogP contribution in [0, 0.1) is 5.82 Å². The monoisotopic (exact) mass is 234 g/mol. The summed E-state index contributed by atoms with van der Waals surface area (Å²) in [6.45, 7) is 0. The number of nitrogens with zero attached hydrogens (tertiary/aromatic N) is 2. The molecule has 4 N–H and O–H groups in total. The van der Waals surface area contributed by atoms with Crippen LogP contribution in [0.1, 0.15) is 0 Å². The molecule has 0 aliphatic carbocycles. The van der Waals surface area contributed by atoms with Gasteiger partial charge in [0.1, 0.15) is 17.4 Å². The smallest absolute Gasteiger partial charge is 0.222 e. The third kappa shape index (κ3) is 2.25. The highest BCUT2D eigenvalue weighted by Gasteiger charge is 2.09. The topological polar surface area (TPSA) is 87.0 Å². The lowest BCUT2D eigenvalue weighted by Crippen LogP contribution is -2.01. The van der Waals surface area contributed by atoms with Gasteiger partial charge in [-0.3, -0.25) is 0 Å². The summed E-state index contributed by atoms with van der Waals surface area (Å²) in [4.78, 5) is 7.65. The number of methoxy groups -OCH3 is 1. The van der Waals surface area contributed by atoms with E-state index in [0.717, 1.165) is 0 Å². The van der Waals surface area contributed by atoms with Gasteiger partial charge in [0, 0.05) is 17.7 Å². The SMILES string of the molecule is COc1ccc(-c2cc(N)nc(N)n2)c(F)c1. The number of anilines is 2. The van der Waals surface area contributed by atoms with Gasteiger partial charge in [-0.05, 0) is 12.1 Å². The maximum Gasteiger partial charge on any atom is 0.222 e. The molecule has 17 heavy (non-hydrogen) atoms. The molecule has 0 amide bonds. The van der Waals surface area contributed by atoms with Crippen molar-refractivity contribution in [3.8, 4) is 17.0 Å². The lowest BCUT2D eigenvalue weighted by Gasteiger charge is -2.06. The Hall–Kier alpha value is -2.37. The van der Waals surface area contributed by atoms with E-state index in [4.69, 9.17) is 16.2 Å². The molecule has 1 aromatic carbocycles. The number of nitrogens with two attached hydrogens (primary N) is 2. The minimum atomic E-state index is -0.457. The van der Waals surface area contributed by atoms with Crippen LogP contribution in [0.2, 0.25) is 0 Å². The Bertz CT molecular complexity index is 539. The van der Waals surface area contributed by atoms with E-state index in [1.807, 2.05) is 0 Å². The summed E-state index contributed by atoms with van der Waals surface area (Å²) in [5, 5.41) is 0. The maximum absolute atomic E-state index is 13.8. The number of ether oxygens (including phenoxy) is 1. The van der Waals surface area contributed by atoms with Crippen LogP contribution in [0.3, 0.4) is 0 Å².